The molecule has 0 radical (unpaired) electrons. The van der Waals surface area contributed by atoms with E-state index >= 15 is 0 Å². The van der Waals surface area contributed by atoms with Gasteiger partial charge in [0.25, 0.3) is 0 Å². The summed E-state index contributed by atoms with van der Waals surface area (Å²) in [6.07, 6.45) is 5.60. The fraction of sp³-hybridized carbons (Fsp3) is 0.400. The van der Waals surface area contributed by atoms with Crippen LogP contribution in [0, 0.1) is 5.82 Å². The fourth-order valence-electron chi connectivity index (χ4n) is 4.08. The van der Waals surface area contributed by atoms with E-state index < -0.39 is 0 Å². The van der Waals surface area contributed by atoms with Gasteiger partial charge in [-0.25, -0.2) is 13.9 Å². The van der Waals surface area contributed by atoms with Gasteiger partial charge < -0.3 is 10.1 Å². The predicted octanol–water partition coefficient (Wildman–Crippen LogP) is 3.19. The molecule has 3 atom stereocenters. The summed E-state index contributed by atoms with van der Waals surface area (Å²) in [5.74, 6) is 1.17. The van der Waals surface area contributed by atoms with Crippen LogP contribution in [-0.2, 0) is 0 Å². The van der Waals surface area contributed by atoms with Gasteiger partial charge in [-0.2, -0.15) is 5.10 Å². The molecule has 0 spiro atoms. The number of nitrogens with one attached hydrogen (secondary N) is 1. The third kappa shape index (κ3) is 3.02. The molecule has 1 saturated heterocycles. The Bertz CT molecular complexity index is 988. The Kier molecular flexibility index (Phi) is 3.97. The zero-order valence-corrected chi connectivity index (χ0v) is 15.2. The minimum Gasteiger partial charge on any atom is -0.490 e. The second kappa shape index (κ2) is 6.49. The first kappa shape index (κ1) is 16.5. The second-order valence-corrected chi connectivity index (χ2v) is 7.36. The Morgan fingerprint density at radius 1 is 1.22 bits per heavy atom. The van der Waals surface area contributed by atoms with Crippen molar-refractivity contribution in [1.82, 2.24) is 19.5 Å². The Balaban J connectivity index is 1.63. The van der Waals surface area contributed by atoms with Crippen molar-refractivity contribution in [3.63, 3.8) is 0 Å². The molecule has 2 unspecified atom stereocenters. The highest BCUT2D eigenvalue weighted by Gasteiger charge is 2.27. The monoisotopic (exact) mass is 367 g/mol. The number of fused-ring (bicyclic) bond motifs is 4. The van der Waals surface area contributed by atoms with Gasteiger partial charge in [0, 0.05) is 43.0 Å². The highest BCUT2D eigenvalue weighted by atomic mass is 19.1. The van der Waals surface area contributed by atoms with E-state index in [0.29, 0.717) is 28.6 Å². The van der Waals surface area contributed by atoms with Gasteiger partial charge in [-0.05, 0) is 44.0 Å². The van der Waals surface area contributed by atoms with Crippen LogP contribution in [0.3, 0.4) is 0 Å². The van der Waals surface area contributed by atoms with Gasteiger partial charge >= 0.3 is 0 Å². The van der Waals surface area contributed by atoms with Gasteiger partial charge in [-0.1, -0.05) is 0 Å². The van der Waals surface area contributed by atoms with Crippen molar-refractivity contribution in [2.45, 2.75) is 31.9 Å². The summed E-state index contributed by atoms with van der Waals surface area (Å²) in [7, 11) is 0. The molecule has 27 heavy (non-hydrogen) atoms. The molecule has 3 aliphatic heterocycles. The molecular formula is C20H22FN5O. The van der Waals surface area contributed by atoms with Crippen molar-refractivity contribution in [3.8, 4) is 16.9 Å². The largest absolute Gasteiger partial charge is 0.490 e. The third-order valence-electron chi connectivity index (χ3n) is 5.57. The summed E-state index contributed by atoms with van der Waals surface area (Å²) in [5.41, 5.74) is 1.76. The number of halogens is 1. The lowest BCUT2D eigenvalue weighted by Gasteiger charge is -2.37. The van der Waals surface area contributed by atoms with E-state index in [4.69, 9.17) is 4.74 Å². The number of hydrogen-bond donors (Lipinski definition) is 1. The van der Waals surface area contributed by atoms with Crippen LogP contribution in [0.15, 0.2) is 36.7 Å². The van der Waals surface area contributed by atoms with E-state index in [9.17, 15) is 4.39 Å². The molecule has 140 valence electrons. The lowest BCUT2D eigenvalue weighted by molar-refractivity contribution is 0.0657. The zero-order valence-electron chi connectivity index (χ0n) is 15.2. The Morgan fingerprint density at radius 2 is 2.15 bits per heavy atom. The van der Waals surface area contributed by atoms with Gasteiger partial charge in [0.1, 0.15) is 23.5 Å². The van der Waals surface area contributed by atoms with Gasteiger partial charge in [0.2, 0.25) is 0 Å². The number of aromatic nitrogens is 3. The van der Waals surface area contributed by atoms with Crippen molar-refractivity contribution >= 4 is 11.5 Å². The van der Waals surface area contributed by atoms with Crippen LogP contribution < -0.4 is 10.1 Å². The maximum Gasteiger partial charge on any atom is 0.165 e. The number of nitrogens with zero attached hydrogens (tertiary/aromatic N) is 4. The van der Waals surface area contributed by atoms with Crippen LogP contribution in [0.4, 0.5) is 10.2 Å². The van der Waals surface area contributed by atoms with Crippen LogP contribution in [0.25, 0.3) is 16.8 Å². The van der Waals surface area contributed by atoms with Gasteiger partial charge in [0.15, 0.2) is 5.65 Å². The molecule has 1 fully saturated rings. The molecule has 1 aromatic carbocycles. The summed E-state index contributed by atoms with van der Waals surface area (Å²) in [6.45, 7) is 5.01. The molecule has 0 saturated carbocycles. The molecule has 6 bridgehead atoms. The molecule has 6 rings (SSSR count). The number of rotatable bonds is 0. The molecular weight excluding hydrogens is 345 g/mol. The molecule has 5 heterocycles. The summed E-state index contributed by atoms with van der Waals surface area (Å²) < 4.78 is 22.5. The van der Waals surface area contributed by atoms with Gasteiger partial charge in [-0.3, -0.25) is 4.90 Å². The van der Waals surface area contributed by atoms with Crippen LogP contribution in [0.1, 0.15) is 19.8 Å². The normalized spacial score (nSPS) is 24.9. The maximum absolute atomic E-state index is 14.6. The summed E-state index contributed by atoms with van der Waals surface area (Å²) in [4.78, 5) is 7.14. The SMILES string of the molecule is CC1C[C@@H]2CCN1CCNc1ccn3ncc(c3n1)-c1cc(ccc1F)O2. The van der Waals surface area contributed by atoms with E-state index in [2.05, 4.69) is 27.2 Å². The molecule has 6 nitrogen and oxygen atoms in total. The summed E-state index contributed by atoms with van der Waals surface area (Å²) in [6, 6.07) is 7.29. The Morgan fingerprint density at radius 3 is 3.04 bits per heavy atom. The third-order valence-corrected chi connectivity index (χ3v) is 5.57. The van der Waals surface area contributed by atoms with Gasteiger partial charge in [-0.15, -0.1) is 0 Å². The van der Waals surface area contributed by atoms with Crippen molar-refractivity contribution in [3.05, 3.63) is 42.5 Å². The topological polar surface area (TPSA) is 54.7 Å². The summed E-state index contributed by atoms with van der Waals surface area (Å²) in [5, 5.41) is 7.71. The van der Waals surface area contributed by atoms with Crippen LogP contribution in [-0.4, -0.2) is 51.3 Å². The first-order valence-corrected chi connectivity index (χ1v) is 9.46. The zero-order chi connectivity index (χ0) is 18.4. The second-order valence-electron chi connectivity index (χ2n) is 7.36. The lowest BCUT2D eigenvalue weighted by Crippen LogP contribution is -2.46. The first-order valence-electron chi connectivity index (χ1n) is 9.46. The molecule has 3 aliphatic rings. The predicted molar refractivity (Wildman–Crippen MR) is 102 cm³/mol. The number of ether oxygens (including phenoxy) is 1. The van der Waals surface area contributed by atoms with Crippen molar-refractivity contribution in [2.75, 3.05) is 25.0 Å². The number of piperidine rings is 1. The Labute approximate surface area is 157 Å². The van der Waals surface area contributed by atoms with Crippen LogP contribution in [0.2, 0.25) is 0 Å². The quantitative estimate of drug-likeness (QED) is 0.661. The number of benzene rings is 1. The van der Waals surface area contributed by atoms with Crippen molar-refractivity contribution in [1.29, 1.82) is 0 Å². The minimum absolute atomic E-state index is 0.152. The molecule has 7 heteroatoms. The molecule has 0 amide bonds. The molecule has 1 N–H and O–H groups in total. The van der Waals surface area contributed by atoms with Crippen molar-refractivity contribution in [2.24, 2.45) is 0 Å². The van der Waals surface area contributed by atoms with E-state index in [1.54, 1.807) is 22.8 Å². The minimum atomic E-state index is -0.301. The van der Waals surface area contributed by atoms with Gasteiger partial charge in [0.05, 0.1) is 6.20 Å². The molecule has 3 aromatic rings. The average molecular weight is 367 g/mol. The fourth-order valence-corrected chi connectivity index (χ4v) is 4.08. The molecule has 2 aromatic heterocycles. The smallest absolute Gasteiger partial charge is 0.165 e. The highest BCUT2D eigenvalue weighted by molar-refractivity contribution is 5.78. The van der Waals surface area contributed by atoms with Crippen molar-refractivity contribution < 1.29 is 9.13 Å². The number of hydrogen-bond acceptors (Lipinski definition) is 5. The average Bonchev–Trinajstić information content (AvgIpc) is 3.07. The van der Waals surface area contributed by atoms with E-state index in [1.807, 2.05) is 12.3 Å². The molecule has 0 aliphatic carbocycles. The highest BCUT2D eigenvalue weighted by Crippen LogP contribution is 2.32. The van der Waals surface area contributed by atoms with Crippen LogP contribution >= 0.6 is 0 Å². The van der Waals surface area contributed by atoms with E-state index in [1.165, 1.54) is 6.07 Å². The maximum atomic E-state index is 14.6. The summed E-state index contributed by atoms with van der Waals surface area (Å²) >= 11 is 0. The van der Waals surface area contributed by atoms with E-state index in [0.717, 1.165) is 38.3 Å². The Hall–Kier alpha value is -2.67. The van der Waals surface area contributed by atoms with E-state index in [-0.39, 0.29) is 11.9 Å². The first-order chi connectivity index (χ1) is 13.2. The lowest BCUT2D eigenvalue weighted by atomic mass is 10.0. The van der Waals surface area contributed by atoms with Crippen LogP contribution in [0.5, 0.6) is 5.75 Å². The number of anilines is 1. The standard InChI is InChI=1S/C20H22FN5O/c1-13-10-15-4-7-25(13)9-6-22-19-5-8-26-20(24-19)17(12-23-26)16-11-14(27-15)2-3-18(16)21/h2-3,5,8,11-13,15H,4,6-7,9-10H2,1H3,(H,22,24)/t13?,15-/m0/s1.